The maximum Gasteiger partial charge on any atom is 0.119 e. The molecule has 0 bridgehead atoms. The van der Waals surface area contributed by atoms with Gasteiger partial charge < -0.3 is 9.47 Å². The highest BCUT2D eigenvalue weighted by Gasteiger charge is 1.94. The van der Waals surface area contributed by atoms with Crippen LogP contribution >= 0.6 is 0 Å². The Balaban J connectivity index is 1.85. The van der Waals surface area contributed by atoms with Crippen LogP contribution in [0.1, 0.15) is 44.2 Å². The summed E-state index contributed by atoms with van der Waals surface area (Å²) in [5.74, 6) is 8.07. The second kappa shape index (κ2) is 11.0. The van der Waals surface area contributed by atoms with Crippen LogP contribution in [-0.4, -0.2) is 13.2 Å². The molecule has 2 aromatic carbocycles. The highest BCUT2D eigenvalue weighted by Crippen LogP contribution is 2.13. The van der Waals surface area contributed by atoms with Crippen LogP contribution in [-0.2, 0) is 0 Å². The van der Waals surface area contributed by atoms with Gasteiger partial charge in [-0.3, -0.25) is 0 Å². The monoisotopic (exact) mass is 334 g/mol. The minimum absolute atomic E-state index is 0.612. The van der Waals surface area contributed by atoms with Crippen molar-refractivity contribution in [1.82, 2.24) is 0 Å². The number of rotatable bonds is 8. The zero-order valence-corrected chi connectivity index (χ0v) is 15.1. The Hall–Kier alpha value is -2.66. The predicted octanol–water partition coefficient (Wildman–Crippen LogP) is 5.61. The summed E-state index contributed by atoms with van der Waals surface area (Å²) in [6.45, 7) is 5.46. The summed E-state index contributed by atoms with van der Waals surface area (Å²) in [6.07, 6.45) is 7.85. The van der Waals surface area contributed by atoms with Crippen LogP contribution in [0.25, 0.3) is 0 Å². The fourth-order valence-corrected chi connectivity index (χ4v) is 2.23. The van der Waals surface area contributed by atoms with E-state index in [1.54, 1.807) is 0 Å². The van der Waals surface area contributed by atoms with Crippen LogP contribution in [0.4, 0.5) is 0 Å². The van der Waals surface area contributed by atoms with Crippen molar-refractivity contribution >= 4 is 0 Å². The van der Waals surface area contributed by atoms with Gasteiger partial charge in [0.2, 0.25) is 0 Å². The number of benzene rings is 2. The van der Waals surface area contributed by atoms with Crippen molar-refractivity contribution in [3.63, 3.8) is 0 Å². The van der Waals surface area contributed by atoms with E-state index in [4.69, 9.17) is 9.47 Å². The van der Waals surface area contributed by atoms with Crippen molar-refractivity contribution in [1.29, 1.82) is 0 Å². The first-order valence-electron chi connectivity index (χ1n) is 8.94. The Morgan fingerprint density at radius 1 is 0.760 bits per heavy atom. The van der Waals surface area contributed by atoms with E-state index in [0.717, 1.165) is 29.0 Å². The molecule has 0 aliphatic heterocycles. The molecule has 2 rings (SSSR count). The van der Waals surface area contributed by atoms with Gasteiger partial charge in [0.15, 0.2) is 0 Å². The first kappa shape index (κ1) is 18.7. The average molecular weight is 334 g/mol. The minimum atomic E-state index is 0.612. The van der Waals surface area contributed by atoms with E-state index in [0.29, 0.717) is 13.2 Å². The summed E-state index contributed by atoms with van der Waals surface area (Å²) in [5.41, 5.74) is 1.95. The average Bonchev–Trinajstić information content (AvgIpc) is 2.65. The third-order valence-electron chi connectivity index (χ3n) is 3.61. The Morgan fingerprint density at radius 3 is 1.84 bits per heavy atom. The number of ether oxygens (including phenoxy) is 2. The van der Waals surface area contributed by atoms with Gasteiger partial charge in [0.1, 0.15) is 18.1 Å². The van der Waals surface area contributed by atoms with Crippen molar-refractivity contribution in [2.75, 3.05) is 13.2 Å². The molecule has 0 aliphatic carbocycles. The van der Waals surface area contributed by atoms with Crippen molar-refractivity contribution in [2.24, 2.45) is 0 Å². The van der Waals surface area contributed by atoms with Crippen molar-refractivity contribution in [3.8, 4) is 23.3 Å². The van der Waals surface area contributed by atoms with E-state index in [1.165, 1.54) is 12.8 Å². The second-order valence-electron chi connectivity index (χ2n) is 5.66. The lowest BCUT2D eigenvalue weighted by atomic mass is 10.2. The van der Waals surface area contributed by atoms with E-state index in [-0.39, 0.29) is 0 Å². The Labute approximate surface area is 151 Å². The zero-order chi connectivity index (χ0) is 17.7. The van der Waals surface area contributed by atoms with E-state index >= 15 is 0 Å². The summed E-state index contributed by atoms with van der Waals surface area (Å²) >= 11 is 0. The molecular weight excluding hydrogens is 308 g/mol. The van der Waals surface area contributed by atoms with Gasteiger partial charge in [0, 0.05) is 11.1 Å². The smallest absolute Gasteiger partial charge is 0.119 e. The zero-order valence-electron chi connectivity index (χ0n) is 15.1. The van der Waals surface area contributed by atoms with E-state index in [1.807, 2.05) is 55.5 Å². The molecule has 0 saturated heterocycles. The number of allylic oxidation sites excluding steroid dienone is 1. The SMILES string of the molecule is CCCCC=CCOc1ccc(C#Cc2ccc(OCC)cc2)cc1. The van der Waals surface area contributed by atoms with E-state index in [2.05, 4.69) is 30.9 Å². The van der Waals surface area contributed by atoms with Crippen LogP contribution in [0.2, 0.25) is 0 Å². The molecule has 25 heavy (non-hydrogen) atoms. The maximum atomic E-state index is 5.69. The summed E-state index contributed by atoms with van der Waals surface area (Å²) in [6, 6.07) is 15.7. The summed E-state index contributed by atoms with van der Waals surface area (Å²) in [4.78, 5) is 0. The van der Waals surface area contributed by atoms with Crippen LogP contribution < -0.4 is 9.47 Å². The molecule has 2 heteroatoms. The molecule has 0 fully saturated rings. The van der Waals surface area contributed by atoms with Crippen LogP contribution in [0, 0.1) is 11.8 Å². The predicted molar refractivity (Wildman–Crippen MR) is 104 cm³/mol. The molecule has 2 aromatic rings. The third-order valence-corrected chi connectivity index (χ3v) is 3.61. The molecule has 2 nitrogen and oxygen atoms in total. The van der Waals surface area contributed by atoms with Crippen molar-refractivity contribution in [2.45, 2.75) is 33.1 Å². The number of hydrogen-bond donors (Lipinski definition) is 0. The van der Waals surface area contributed by atoms with Gasteiger partial charge in [-0.25, -0.2) is 0 Å². The molecule has 0 amide bonds. The Bertz CT molecular complexity index is 700. The van der Waals surface area contributed by atoms with Gasteiger partial charge in [0.05, 0.1) is 6.61 Å². The fraction of sp³-hybridized carbons (Fsp3) is 0.304. The van der Waals surface area contributed by atoms with Crippen molar-refractivity contribution < 1.29 is 9.47 Å². The van der Waals surface area contributed by atoms with Crippen molar-refractivity contribution in [3.05, 3.63) is 71.8 Å². The van der Waals surface area contributed by atoms with Crippen LogP contribution in [0.3, 0.4) is 0 Å². The molecule has 0 atom stereocenters. The first-order valence-corrected chi connectivity index (χ1v) is 8.94. The standard InChI is InChI=1S/C23H26O2/c1-3-5-6-7-8-19-25-23-17-13-21(14-18-23)10-9-20-11-15-22(16-12-20)24-4-2/h7-8,11-18H,3-6,19H2,1-2H3. The molecule has 0 aromatic heterocycles. The van der Waals surface area contributed by atoms with E-state index in [9.17, 15) is 0 Å². The fourth-order valence-electron chi connectivity index (χ4n) is 2.23. The second-order valence-corrected chi connectivity index (χ2v) is 5.66. The van der Waals surface area contributed by atoms with Crippen LogP contribution in [0.5, 0.6) is 11.5 Å². The molecule has 0 heterocycles. The number of hydrogen-bond acceptors (Lipinski definition) is 2. The lowest BCUT2D eigenvalue weighted by Gasteiger charge is -2.03. The third kappa shape index (κ3) is 7.18. The highest BCUT2D eigenvalue weighted by molar-refractivity contribution is 5.45. The normalized spacial score (nSPS) is 10.3. The summed E-state index contributed by atoms with van der Waals surface area (Å²) in [5, 5.41) is 0. The van der Waals surface area contributed by atoms with Gasteiger partial charge in [-0.15, -0.1) is 0 Å². The Morgan fingerprint density at radius 2 is 1.32 bits per heavy atom. The first-order chi connectivity index (χ1) is 12.3. The lowest BCUT2D eigenvalue weighted by molar-refractivity contribution is 0.340. The lowest BCUT2D eigenvalue weighted by Crippen LogP contribution is -1.93. The van der Waals surface area contributed by atoms with E-state index < -0.39 is 0 Å². The Kier molecular flexibility index (Phi) is 8.21. The van der Waals surface area contributed by atoms with Gasteiger partial charge in [-0.2, -0.15) is 0 Å². The molecule has 0 saturated carbocycles. The molecule has 0 unspecified atom stereocenters. The maximum absolute atomic E-state index is 5.69. The highest BCUT2D eigenvalue weighted by atomic mass is 16.5. The summed E-state index contributed by atoms with van der Waals surface area (Å²) < 4.78 is 11.1. The molecule has 0 spiro atoms. The number of unbranched alkanes of at least 4 members (excludes halogenated alkanes) is 2. The molecule has 0 N–H and O–H groups in total. The quantitative estimate of drug-likeness (QED) is 0.355. The molecule has 0 aliphatic rings. The largest absolute Gasteiger partial charge is 0.494 e. The van der Waals surface area contributed by atoms with Crippen LogP contribution in [0.15, 0.2) is 60.7 Å². The van der Waals surface area contributed by atoms with Gasteiger partial charge in [0.25, 0.3) is 0 Å². The molecular formula is C23H26O2. The minimum Gasteiger partial charge on any atom is -0.494 e. The molecule has 130 valence electrons. The van der Waals surface area contributed by atoms with Gasteiger partial charge in [-0.05, 0) is 61.9 Å². The summed E-state index contributed by atoms with van der Waals surface area (Å²) in [7, 11) is 0. The van der Waals surface area contributed by atoms with Gasteiger partial charge >= 0.3 is 0 Å². The topological polar surface area (TPSA) is 18.5 Å². The van der Waals surface area contributed by atoms with Gasteiger partial charge in [-0.1, -0.05) is 43.8 Å². The molecule has 0 radical (unpaired) electrons.